The first-order chi connectivity index (χ1) is 8.09. The van der Waals surface area contributed by atoms with Crippen LogP contribution in [0.15, 0.2) is 22.9 Å². The maximum absolute atomic E-state index is 9.77. The van der Waals surface area contributed by atoms with E-state index >= 15 is 0 Å². The summed E-state index contributed by atoms with van der Waals surface area (Å²) in [5.74, 6) is 0.813. The molecular weight excluding hydrogens is 310 g/mol. The van der Waals surface area contributed by atoms with Crippen LogP contribution in [-0.2, 0) is 0 Å². The number of pyridine rings is 1. The minimum absolute atomic E-state index is 0.320. The summed E-state index contributed by atoms with van der Waals surface area (Å²) in [5, 5.41) is 28.7. The molecule has 0 bridgehead atoms. The average Bonchev–Trinajstić information content (AvgIpc) is 2.32. The molecule has 3 N–H and O–H groups in total. The fraction of sp³-hybridized carbons (Fsp3) is 0.500. The number of aliphatic hydroxyl groups excluding tert-OH is 3. The molecule has 4 atom stereocenters. The molecule has 1 fully saturated rings. The average molecular weight is 322 g/mol. The third-order valence-corrected chi connectivity index (χ3v) is 4.26. The van der Waals surface area contributed by atoms with Gasteiger partial charge >= 0.3 is 0 Å². The summed E-state index contributed by atoms with van der Waals surface area (Å²) >= 11 is 4.49. The Balaban J connectivity index is 2.07. The highest BCUT2D eigenvalue weighted by Gasteiger charge is 2.38. The molecule has 17 heavy (non-hydrogen) atoms. The van der Waals surface area contributed by atoms with Crippen molar-refractivity contribution in [3.63, 3.8) is 0 Å². The molecule has 0 radical (unpaired) electrons. The van der Waals surface area contributed by atoms with Crippen LogP contribution in [0.3, 0.4) is 0 Å². The molecule has 0 amide bonds. The molecule has 1 aliphatic rings. The largest absolute Gasteiger partial charge is 0.474 e. The summed E-state index contributed by atoms with van der Waals surface area (Å²) in [7, 11) is 0. The zero-order valence-electron chi connectivity index (χ0n) is 8.73. The van der Waals surface area contributed by atoms with E-state index < -0.39 is 23.7 Å². The van der Waals surface area contributed by atoms with Gasteiger partial charge in [-0.15, -0.1) is 11.8 Å². The molecule has 0 saturated carbocycles. The summed E-state index contributed by atoms with van der Waals surface area (Å²) in [4.78, 5) is 3.99. The van der Waals surface area contributed by atoms with Gasteiger partial charge in [0.15, 0.2) is 11.2 Å². The number of halogens is 1. The number of ether oxygens (including phenoxy) is 1. The number of hydrogen-bond acceptors (Lipinski definition) is 6. The molecule has 0 aromatic carbocycles. The monoisotopic (exact) mass is 321 g/mol. The van der Waals surface area contributed by atoms with E-state index in [-0.39, 0.29) is 0 Å². The predicted octanol–water partition coefficient (Wildman–Crippen LogP) is 0.378. The second-order valence-corrected chi connectivity index (χ2v) is 5.54. The molecule has 1 aliphatic heterocycles. The Bertz CT molecular complexity index is 394. The second-order valence-electron chi connectivity index (χ2n) is 3.66. The topological polar surface area (TPSA) is 82.8 Å². The lowest BCUT2D eigenvalue weighted by molar-refractivity contribution is -0.0787. The zero-order valence-corrected chi connectivity index (χ0v) is 11.1. The molecule has 94 valence electrons. The molecule has 0 aliphatic carbocycles. The highest BCUT2D eigenvalue weighted by Crippen LogP contribution is 2.31. The van der Waals surface area contributed by atoms with E-state index in [4.69, 9.17) is 4.74 Å². The van der Waals surface area contributed by atoms with Gasteiger partial charge in [-0.3, -0.25) is 0 Å². The summed E-state index contributed by atoms with van der Waals surface area (Å²) in [6, 6.07) is 3.42. The van der Waals surface area contributed by atoms with Crippen LogP contribution in [0.4, 0.5) is 0 Å². The lowest BCUT2D eigenvalue weighted by Gasteiger charge is -2.34. The van der Waals surface area contributed by atoms with E-state index in [1.165, 1.54) is 11.8 Å². The van der Waals surface area contributed by atoms with Gasteiger partial charge in [0, 0.05) is 11.9 Å². The maximum atomic E-state index is 9.77. The number of aromatic nitrogens is 1. The van der Waals surface area contributed by atoms with Crippen LogP contribution in [0.1, 0.15) is 0 Å². The smallest absolute Gasteiger partial charge is 0.173 e. The van der Waals surface area contributed by atoms with Gasteiger partial charge in [-0.2, -0.15) is 0 Å². The summed E-state index contributed by atoms with van der Waals surface area (Å²) < 4.78 is 6.09. The second kappa shape index (κ2) is 5.53. The van der Waals surface area contributed by atoms with Crippen LogP contribution in [0.25, 0.3) is 0 Å². The fourth-order valence-corrected chi connectivity index (χ4v) is 2.93. The van der Waals surface area contributed by atoms with Gasteiger partial charge in [-0.1, -0.05) is 0 Å². The highest BCUT2D eigenvalue weighted by atomic mass is 79.9. The third-order valence-electron chi connectivity index (χ3n) is 2.42. The number of aliphatic hydroxyl groups is 3. The first-order valence-electron chi connectivity index (χ1n) is 5.02. The SMILES string of the molecule is O[C@@H]1[C@@H](O)[C@H](Oc2cccnc2Br)SC[C@H]1O. The lowest BCUT2D eigenvalue weighted by atomic mass is 10.1. The molecule has 1 aromatic rings. The molecule has 1 aromatic heterocycles. The molecule has 7 heteroatoms. The fourth-order valence-electron chi connectivity index (χ4n) is 1.47. The summed E-state index contributed by atoms with van der Waals surface area (Å²) in [5.41, 5.74) is -0.617. The predicted molar refractivity (Wildman–Crippen MR) is 66.8 cm³/mol. The molecular formula is C10H12BrNO4S. The van der Waals surface area contributed by atoms with E-state index in [9.17, 15) is 15.3 Å². The third kappa shape index (κ3) is 2.92. The Morgan fingerprint density at radius 1 is 1.35 bits per heavy atom. The molecule has 0 unspecified atom stereocenters. The first kappa shape index (κ1) is 13.1. The standard InChI is InChI=1S/C10H12BrNO4S/c11-9-6(2-1-3-12-9)16-10-8(15)7(14)5(13)4-17-10/h1-3,5,7-8,10,13-15H,4H2/t5-,7+,8-,10-/m1/s1. The van der Waals surface area contributed by atoms with Crippen LogP contribution >= 0.6 is 27.7 Å². The maximum Gasteiger partial charge on any atom is 0.173 e. The Kier molecular flexibility index (Phi) is 4.26. The van der Waals surface area contributed by atoms with Crippen LogP contribution < -0.4 is 4.74 Å². The summed E-state index contributed by atoms with van der Waals surface area (Å²) in [6.07, 6.45) is -1.63. The van der Waals surface area contributed by atoms with Crippen molar-refractivity contribution in [3.8, 4) is 5.75 Å². The molecule has 2 rings (SSSR count). The van der Waals surface area contributed by atoms with Crippen molar-refractivity contribution in [2.24, 2.45) is 0 Å². The van der Waals surface area contributed by atoms with E-state index in [2.05, 4.69) is 20.9 Å². The van der Waals surface area contributed by atoms with Crippen molar-refractivity contribution in [2.45, 2.75) is 23.7 Å². The Labute approximate surface area is 111 Å². The zero-order chi connectivity index (χ0) is 12.4. The van der Waals surface area contributed by atoms with Gasteiger partial charge in [0.1, 0.15) is 16.8 Å². The van der Waals surface area contributed by atoms with E-state index in [1.807, 2.05) is 0 Å². The van der Waals surface area contributed by atoms with Crippen LogP contribution in [0.2, 0.25) is 0 Å². The normalized spacial score (nSPS) is 33.4. The van der Waals surface area contributed by atoms with E-state index in [0.29, 0.717) is 16.1 Å². The van der Waals surface area contributed by atoms with Gasteiger partial charge in [-0.25, -0.2) is 4.98 Å². The van der Waals surface area contributed by atoms with Crippen molar-refractivity contribution >= 4 is 27.7 Å². The van der Waals surface area contributed by atoms with Crippen molar-refractivity contribution in [1.82, 2.24) is 4.98 Å². The van der Waals surface area contributed by atoms with Crippen molar-refractivity contribution < 1.29 is 20.1 Å². The van der Waals surface area contributed by atoms with E-state index in [1.54, 1.807) is 18.3 Å². The molecule has 1 saturated heterocycles. The first-order valence-corrected chi connectivity index (χ1v) is 6.86. The Morgan fingerprint density at radius 2 is 2.12 bits per heavy atom. The van der Waals surface area contributed by atoms with Crippen LogP contribution in [0, 0.1) is 0 Å². The van der Waals surface area contributed by atoms with Gasteiger partial charge in [0.05, 0.1) is 6.10 Å². The van der Waals surface area contributed by atoms with Gasteiger partial charge in [-0.05, 0) is 28.1 Å². The van der Waals surface area contributed by atoms with Crippen molar-refractivity contribution in [1.29, 1.82) is 0 Å². The summed E-state index contributed by atoms with van der Waals surface area (Å²) in [6.45, 7) is 0. The van der Waals surface area contributed by atoms with E-state index in [0.717, 1.165) is 0 Å². The number of hydrogen-bond donors (Lipinski definition) is 3. The molecule has 0 spiro atoms. The minimum Gasteiger partial charge on any atom is -0.474 e. The quantitative estimate of drug-likeness (QED) is 0.683. The number of thioether (sulfide) groups is 1. The molecule has 2 heterocycles. The van der Waals surface area contributed by atoms with Crippen LogP contribution in [-0.4, -0.2) is 49.8 Å². The van der Waals surface area contributed by atoms with Crippen LogP contribution in [0.5, 0.6) is 5.75 Å². The number of rotatable bonds is 2. The van der Waals surface area contributed by atoms with Gasteiger partial charge in [0.25, 0.3) is 0 Å². The molecule has 5 nitrogen and oxygen atoms in total. The lowest BCUT2D eigenvalue weighted by Crippen LogP contribution is -2.50. The highest BCUT2D eigenvalue weighted by molar-refractivity contribution is 9.10. The number of nitrogens with zero attached hydrogens (tertiary/aromatic N) is 1. The van der Waals surface area contributed by atoms with Crippen molar-refractivity contribution in [3.05, 3.63) is 22.9 Å². The van der Waals surface area contributed by atoms with Crippen molar-refractivity contribution in [2.75, 3.05) is 5.75 Å². The van der Waals surface area contributed by atoms with Gasteiger partial charge in [0.2, 0.25) is 0 Å². The minimum atomic E-state index is -1.18. The Morgan fingerprint density at radius 3 is 2.82 bits per heavy atom. The Hall–Kier alpha value is -0.340. The van der Waals surface area contributed by atoms with Gasteiger partial charge < -0.3 is 20.1 Å².